The molecule has 7 heteroatoms. The normalized spacial score (nSPS) is 10.0. The van der Waals surface area contributed by atoms with Crippen LogP contribution in [0.1, 0.15) is 29.3 Å². The van der Waals surface area contributed by atoms with Crippen molar-refractivity contribution in [3.8, 4) is 0 Å². The molecule has 0 saturated carbocycles. The lowest BCUT2D eigenvalue weighted by atomic mass is 10.1. The third-order valence-electron chi connectivity index (χ3n) is 3.13. The summed E-state index contributed by atoms with van der Waals surface area (Å²) >= 11 is 0. The Bertz CT molecular complexity index is 556. The number of nitro groups is 1. The van der Waals surface area contributed by atoms with Crippen molar-refractivity contribution in [2.75, 3.05) is 20.2 Å². The van der Waals surface area contributed by atoms with Gasteiger partial charge in [0.05, 0.1) is 18.5 Å². The Morgan fingerprint density at radius 2 is 2.05 bits per heavy atom. The molecule has 21 heavy (non-hydrogen) atoms. The smallest absolute Gasteiger partial charge is 0.307 e. The van der Waals surface area contributed by atoms with Crippen molar-refractivity contribution in [1.29, 1.82) is 0 Å². The first-order valence-electron chi connectivity index (χ1n) is 6.52. The predicted octanol–water partition coefficient (Wildman–Crippen LogP) is 1.93. The molecular formula is C14H18N2O5. The van der Waals surface area contributed by atoms with Gasteiger partial charge >= 0.3 is 5.97 Å². The van der Waals surface area contributed by atoms with Crippen LogP contribution in [0.4, 0.5) is 5.69 Å². The number of carbonyl (C=O) groups is 2. The molecule has 0 fully saturated rings. The summed E-state index contributed by atoms with van der Waals surface area (Å²) < 4.78 is 4.53. The Morgan fingerprint density at radius 1 is 1.38 bits per heavy atom. The van der Waals surface area contributed by atoms with Gasteiger partial charge in [-0.15, -0.1) is 0 Å². The van der Waals surface area contributed by atoms with Crippen LogP contribution in [0.5, 0.6) is 0 Å². The summed E-state index contributed by atoms with van der Waals surface area (Å²) in [6.07, 6.45) is 0.0513. The van der Waals surface area contributed by atoms with E-state index in [4.69, 9.17) is 0 Å². The standard InChI is InChI=1S/C14H18N2O5/c1-4-15(9-8-12(17)21-3)14(18)11-7-5-6-10(2)13(11)16(19)20/h5-7H,4,8-9H2,1-3H3. The molecule has 7 nitrogen and oxygen atoms in total. The third-order valence-corrected chi connectivity index (χ3v) is 3.13. The van der Waals surface area contributed by atoms with Gasteiger partial charge in [-0.2, -0.15) is 0 Å². The third kappa shape index (κ3) is 4.01. The quantitative estimate of drug-likeness (QED) is 0.454. The highest BCUT2D eigenvalue weighted by molar-refractivity contribution is 5.98. The number of ether oxygens (including phenoxy) is 1. The molecule has 0 spiro atoms. The van der Waals surface area contributed by atoms with Crippen molar-refractivity contribution in [2.24, 2.45) is 0 Å². The molecule has 0 N–H and O–H groups in total. The fourth-order valence-electron chi connectivity index (χ4n) is 1.98. The molecule has 0 atom stereocenters. The highest BCUT2D eigenvalue weighted by Crippen LogP contribution is 2.24. The summed E-state index contributed by atoms with van der Waals surface area (Å²) in [5.41, 5.74) is 0.264. The molecule has 0 aliphatic carbocycles. The van der Waals surface area contributed by atoms with Gasteiger partial charge in [0, 0.05) is 18.7 Å². The van der Waals surface area contributed by atoms with Gasteiger partial charge in [-0.25, -0.2) is 0 Å². The second-order valence-corrected chi connectivity index (χ2v) is 4.44. The van der Waals surface area contributed by atoms with E-state index in [1.54, 1.807) is 26.0 Å². The molecule has 1 rings (SSSR count). The number of esters is 1. The van der Waals surface area contributed by atoms with E-state index in [2.05, 4.69) is 4.74 Å². The van der Waals surface area contributed by atoms with Gasteiger partial charge in [-0.3, -0.25) is 19.7 Å². The van der Waals surface area contributed by atoms with Crippen molar-refractivity contribution >= 4 is 17.6 Å². The van der Waals surface area contributed by atoms with Crippen LogP contribution in [0.25, 0.3) is 0 Å². The van der Waals surface area contributed by atoms with Crippen molar-refractivity contribution < 1.29 is 19.2 Å². The van der Waals surface area contributed by atoms with E-state index >= 15 is 0 Å². The lowest BCUT2D eigenvalue weighted by Gasteiger charge is -2.20. The maximum absolute atomic E-state index is 12.4. The Labute approximate surface area is 122 Å². The molecular weight excluding hydrogens is 276 g/mol. The highest BCUT2D eigenvalue weighted by atomic mass is 16.6. The number of aryl methyl sites for hydroxylation is 1. The molecule has 1 aromatic rings. The Hall–Kier alpha value is -2.44. The number of nitro benzene ring substituents is 1. The zero-order valence-electron chi connectivity index (χ0n) is 12.3. The van der Waals surface area contributed by atoms with Crippen LogP contribution < -0.4 is 0 Å². The molecule has 0 unspecified atom stereocenters. The zero-order chi connectivity index (χ0) is 16.0. The number of methoxy groups -OCH3 is 1. The van der Waals surface area contributed by atoms with Gasteiger partial charge in [0.15, 0.2) is 0 Å². The minimum absolute atomic E-state index is 0.0340. The number of para-hydroxylation sites is 1. The highest BCUT2D eigenvalue weighted by Gasteiger charge is 2.25. The van der Waals surface area contributed by atoms with E-state index < -0.39 is 16.8 Å². The summed E-state index contributed by atoms with van der Waals surface area (Å²) in [5.74, 6) is -0.892. The van der Waals surface area contributed by atoms with Gasteiger partial charge in [-0.05, 0) is 19.9 Å². The van der Waals surface area contributed by atoms with Crippen LogP contribution in [0.15, 0.2) is 18.2 Å². The number of benzene rings is 1. The number of amides is 1. The van der Waals surface area contributed by atoms with Gasteiger partial charge in [0.2, 0.25) is 0 Å². The minimum atomic E-state index is -0.559. The Morgan fingerprint density at radius 3 is 2.57 bits per heavy atom. The average molecular weight is 294 g/mol. The van der Waals surface area contributed by atoms with Crippen molar-refractivity contribution in [3.05, 3.63) is 39.4 Å². The Balaban J connectivity index is 3.03. The molecule has 1 amide bonds. The lowest BCUT2D eigenvalue weighted by Crippen LogP contribution is -2.33. The summed E-state index contributed by atoms with van der Waals surface area (Å²) in [6.45, 7) is 3.84. The molecule has 0 bridgehead atoms. The summed E-state index contributed by atoms with van der Waals surface area (Å²) in [4.78, 5) is 35.5. The van der Waals surface area contributed by atoms with E-state index in [0.29, 0.717) is 12.1 Å². The van der Waals surface area contributed by atoms with Crippen LogP contribution in [0.2, 0.25) is 0 Å². The number of rotatable bonds is 6. The SMILES string of the molecule is CCN(CCC(=O)OC)C(=O)c1cccc(C)c1[N+](=O)[O-]. The second kappa shape index (κ2) is 7.37. The van der Waals surface area contributed by atoms with Crippen LogP contribution in [0, 0.1) is 17.0 Å². The van der Waals surface area contributed by atoms with Crippen molar-refractivity contribution in [2.45, 2.75) is 20.3 Å². The fourth-order valence-corrected chi connectivity index (χ4v) is 1.98. The number of carbonyl (C=O) groups excluding carboxylic acids is 2. The number of hydrogen-bond acceptors (Lipinski definition) is 5. The molecule has 0 saturated heterocycles. The summed E-state index contributed by atoms with van der Waals surface area (Å²) in [7, 11) is 1.27. The maximum atomic E-state index is 12.4. The topological polar surface area (TPSA) is 89.8 Å². The predicted molar refractivity (Wildman–Crippen MR) is 76.0 cm³/mol. The largest absolute Gasteiger partial charge is 0.469 e. The summed E-state index contributed by atoms with van der Waals surface area (Å²) in [6, 6.07) is 4.61. The molecule has 0 aliphatic heterocycles. The first kappa shape index (κ1) is 16.6. The average Bonchev–Trinajstić information content (AvgIpc) is 2.46. The first-order chi connectivity index (χ1) is 9.92. The van der Waals surface area contributed by atoms with E-state index in [0.717, 1.165) is 0 Å². The van der Waals surface area contributed by atoms with Gasteiger partial charge < -0.3 is 9.64 Å². The zero-order valence-corrected chi connectivity index (χ0v) is 12.3. The molecule has 1 aromatic carbocycles. The molecule has 114 valence electrons. The van der Waals surface area contributed by atoms with E-state index in [9.17, 15) is 19.7 Å². The second-order valence-electron chi connectivity index (χ2n) is 4.44. The molecule has 0 aromatic heterocycles. The van der Waals surface area contributed by atoms with Crippen molar-refractivity contribution in [1.82, 2.24) is 4.90 Å². The van der Waals surface area contributed by atoms with Crippen LogP contribution in [0.3, 0.4) is 0 Å². The first-order valence-corrected chi connectivity index (χ1v) is 6.52. The Kier molecular flexibility index (Phi) is 5.83. The van der Waals surface area contributed by atoms with E-state index in [1.807, 2.05) is 0 Å². The molecule has 0 heterocycles. The fraction of sp³-hybridized carbons (Fsp3) is 0.429. The van der Waals surface area contributed by atoms with Crippen molar-refractivity contribution in [3.63, 3.8) is 0 Å². The van der Waals surface area contributed by atoms with Gasteiger partial charge in [-0.1, -0.05) is 12.1 Å². The van der Waals surface area contributed by atoms with Crippen LogP contribution >= 0.6 is 0 Å². The van der Waals surface area contributed by atoms with Crippen LogP contribution in [-0.4, -0.2) is 41.9 Å². The molecule has 0 aliphatic rings. The monoisotopic (exact) mass is 294 g/mol. The van der Waals surface area contributed by atoms with E-state index in [1.165, 1.54) is 18.1 Å². The maximum Gasteiger partial charge on any atom is 0.307 e. The van der Waals surface area contributed by atoms with E-state index in [-0.39, 0.29) is 24.2 Å². The number of nitrogens with zero attached hydrogens (tertiary/aromatic N) is 2. The minimum Gasteiger partial charge on any atom is -0.469 e. The number of hydrogen-bond donors (Lipinski definition) is 0. The van der Waals surface area contributed by atoms with Crippen LogP contribution in [-0.2, 0) is 9.53 Å². The van der Waals surface area contributed by atoms with Gasteiger partial charge in [0.25, 0.3) is 11.6 Å². The summed E-state index contributed by atoms with van der Waals surface area (Å²) in [5, 5.41) is 11.1. The molecule has 0 radical (unpaired) electrons. The lowest BCUT2D eigenvalue weighted by molar-refractivity contribution is -0.385. The van der Waals surface area contributed by atoms with Gasteiger partial charge in [0.1, 0.15) is 5.56 Å².